The predicted molar refractivity (Wildman–Crippen MR) is 142 cm³/mol. The van der Waals surface area contributed by atoms with Gasteiger partial charge in [0, 0.05) is 29.6 Å². The fraction of sp³-hybridized carbons (Fsp3) is 0.500. The number of hydrogen-bond donors (Lipinski definition) is 1. The van der Waals surface area contributed by atoms with Crippen molar-refractivity contribution in [1.29, 1.82) is 0 Å². The van der Waals surface area contributed by atoms with E-state index in [-0.39, 0.29) is 65.9 Å². The number of rotatable bonds is 5. The molecule has 0 spiro atoms. The molecule has 0 unspecified atom stereocenters. The van der Waals surface area contributed by atoms with Crippen molar-refractivity contribution in [1.82, 2.24) is 10.3 Å². The third kappa shape index (κ3) is 5.31. The van der Waals surface area contributed by atoms with E-state index in [0.717, 1.165) is 55.3 Å². The molecule has 4 aliphatic rings. The zero-order valence-electron chi connectivity index (χ0n) is 21.0. The summed E-state index contributed by atoms with van der Waals surface area (Å²) in [5.41, 5.74) is 2.52. The maximum absolute atomic E-state index is 13.6. The largest absolute Gasteiger partial charge is 0.462 e. The first-order valence-electron chi connectivity index (χ1n) is 13.4. The average molecular weight is 525 g/mol. The first kappa shape index (κ1) is 25.9. The molecule has 0 radical (unpaired) electrons. The van der Waals surface area contributed by atoms with E-state index in [1.165, 1.54) is 12.1 Å². The van der Waals surface area contributed by atoms with E-state index in [0.29, 0.717) is 11.8 Å². The highest BCUT2D eigenvalue weighted by molar-refractivity contribution is 5.85. The van der Waals surface area contributed by atoms with Gasteiger partial charge < -0.3 is 10.1 Å². The zero-order valence-corrected chi connectivity index (χ0v) is 21.8. The summed E-state index contributed by atoms with van der Waals surface area (Å²) in [4.78, 5) is 29.7. The van der Waals surface area contributed by atoms with Gasteiger partial charge in [0.2, 0.25) is 5.91 Å². The number of carbonyl (C=O) groups excluding carboxylic acids is 2. The second kappa shape index (κ2) is 10.6. The number of nitrogens with zero attached hydrogens (tertiary/aromatic N) is 1. The van der Waals surface area contributed by atoms with Gasteiger partial charge in [-0.2, -0.15) is 0 Å². The molecule has 0 bridgehead atoms. The maximum atomic E-state index is 13.6. The van der Waals surface area contributed by atoms with E-state index in [2.05, 4.69) is 22.5 Å². The van der Waals surface area contributed by atoms with E-state index >= 15 is 0 Å². The maximum Gasteiger partial charge on any atom is 0.309 e. The first-order valence-corrected chi connectivity index (χ1v) is 13.4. The van der Waals surface area contributed by atoms with Crippen LogP contribution >= 0.6 is 12.4 Å². The molecule has 3 saturated carbocycles. The third-order valence-corrected chi connectivity index (χ3v) is 8.88. The molecule has 2 heterocycles. The molecule has 1 aliphatic heterocycles. The van der Waals surface area contributed by atoms with Crippen LogP contribution in [0.3, 0.4) is 0 Å². The lowest BCUT2D eigenvalue weighted by Crippen LogP contribution is -2.48. The minimum absolute atomic E-state index is 0. The molecule has 1 amide bonds. The smallest absolute Gasteiger partial charge is 0.309 e. The number of esters is 1. The number of aromatic nitrogens is 1. The standard InChI is InChI=1S/C30H33FN2O3.ClH/c1-17-28-26(12-9-23-8-7-20(16-32-23)19-3-2-4-22(31)13-19)25-11-10-24(33-29(34)18-5-6-18)14-21(25)15-27(28)30(35)36-17;/h2-4,7-9,12-13,16-18,21,24-28H,5-6,10-11,14-15H2,1H3,(H,33,34);1H/b12-9+;/t17-,21+,24-,25-,26+,27-,28+;/m1./s1. The summed E-state index contributed by atoms with van der Waals surface area (Å²) in [6.45, 7) is 2.03. The van der Waals surface area contributed by atoms with Gasteiger partial charge in [-0.3, -0.25) is 14.6 Å². The van der Waals surface area contributed by atoms with Crippen molar-refractivity contribution in [3.63, 3.8) is 0 Å². The molecular weight excluding hydrogens is 491 g/mol. The van der Waals surface area contributed by atoms with Crippen LogP contribution in [0.1, 0.15) is 51.1 Å². The summed E-state index contributed by atoms with van der Waals surface area (Å²) < 4.78 is 19.3. The van der Waals surface area contributed by atoms with Crippen LogP contribution in [0.15, 0.2) is 48.7 Å². The highest BCUT2D eigenvalue weighted by atomic mass is 35.5. The van der Waals surface area contributed by atoms with Crippen LogP contribution < -0.4 is 5.32 Å². The van der Waals surface area contributed by atoms with Crippen LogP contribution in [0.2, 0.25) is 0 Å². The van der Waals surface area contributed by atoms with Crippen LogP contribution in [-0.4, -0.2) is 29.0 Å². The van der Waals surface area contributed by atoms with Crippen molar-refractivity contribution in [3.8, 4) is 11.1 Å². The van der Waals surface area contributed by atoms with E-state index in [1.807, 2.05) is 25.1 Å². The molecule has 1 N–H and O–H groups in total. The number of allylic oxidation sites excluding steroid dienone is 1. The van der Waals surface area contributed by atoms with E-state index in [9.17, 15) is 14.0 Å². The van der Waals surface area contributed by atoms with Gasteiger partial charge in [0.1, 0.15) is 11.9 Å². The third-order valence-electron chi connectivity index (χ3n) is 8.88. The number of carbonyl (C=O) groups is 2. The fourth-order valence-electron chi connectivity index (χ4n) is 6.96. The zero-order chi connectivity index (χ0) is 24.8. The van der Waals surface area contributed by atoms with Gasteiger partial charge in [-0.05, 0) is 93.0 Å². The number of cyclic esters (lactones) is 1. The number of fused-ring (bicyclic) bond motifs is 2. The summed E-state index contributed by atoms with van der Waals surface area (Å²) in [5, 5.41) is 3.28. The van der Waals surface area contributed by atoms with Gasteiger partial charge in [-0.15, -0.1) is 12.4 Å². The Hall–Kier alpha value is -2.73. The lowest BCUT2D eigenvalue weighted by Gasteiger charge is -2.47. The summed E-state index contributed by atoms with van der Waals surface area (Å²) in [5.74, 6) is 1.33. The van der Waals surface area contributed by atoms with Gasteiger partial charge in [-0.1, -0.05) is 24.3 Å². The van der Waals surface area contributed by atoms with Gasteiger partial charge in [0.25, 0.3) is 0 Å². The Morgan fingerprint density at radius 3 is 2.68 bits per heavy atom. The first-order chi connectivity index (χ1) is 17.5. The van der Waals surface area contributed by atoms with Crippen LogP contribution in [0, 0.1) is 41.3 Å². The summed E-state index contributed by atoms with van der Waals surface area (Å²) in [7, 11) is 0. The van der Waals surface area contributed by atoms with E-state index in [1.54, 1.807) is 12.3 Å². The van der Waals surface area contributed by atoms with Crippen molar-refractivity contribution in [3.05, 3.63) is 60.2 Å². The van der Waals surface area contributed by atoms with Crippen molar-refractivity contribution < 1.29 is 18.7 Å². The normalized spacial score (nSPS) is 32.7. The molecule has 1 aromatic heterocycles. The average Bonchev–Trinajstić information content (AvgIpc) is 3.68. The molecule has 3 aliphatic carbocycles. The quantitative estimate of drug-likeness (QED) is 0.499. The number of benzene rings is 1. The summed E-state index contributed by atoms with van der Waals surface area (Å²) in [6.07, 6.45) is 11.9. The highest BCUT2D eigenvalue weighted by Crippen LogP contribution is 2.53. The Kier molecular flexibility index (Phi) is 7.39. The van der Waals surface area contributed by atoms with Crippen LogP contribution in [-0.2, 0) is 14.3 Å². The second-order valence-electron chi connectivity index (χ2n) is 11.2. The molecule has 4 fully saturated rings. The van der Waals surface area contributed by atoms with Gasteiger partial charge in [0.15, 0.2) is 0 Å². The Bertz CT molecular complexity index is 1180. The van der Waals surface area contributed by atoms with Crippen LogP contribution in [0.5, 0.6) is 0 Å². The molecular formula is C30H34ClFN2O3. The fourth-order valence-corrected chi connectivity index (χ4v) is 6.96. The number of hydrogen-bond acceptors (Lipinski definition) is 4. The van der Waals surface area contributed by atoms with E-state index < -0.39 is 0 Å². The Morgan fingerprint density at radius 1 is 1.11 bits per heavy atom. The lowest BCUT2D eigenvalue weighted by atomic mass is 9.57. The molecule has 1 saturated heterocycles. The Labute approximate surface area is 223 Å². The van der Waals surface area contributed by atoms with Gasteiger partial charge >= 0.3 is 5.97 Å². The number of halogens is 2. The molecule has 6 rings (SSSR count). The lowest BCUT2D eigenvalue weighted by molar-refractivity contribution is -0.144. The van der Waals surface area contributed by atoms with Crippen molar-refractivity contribution >= 4 is 30.4 Å². The molecule has 5 nitrogen and oxygen atoms in total. The Morgan fingerprint density at radius 2 is 1.95 bits per heavy atom. The Balaban J connectivity index is 0.00000280. The SMILES string of the molecule is C[C@H]1OC(=O)[C@@H]2C[C@@H]3C[C@H](NC(=O)C4CC4)CC[C@H]3[C@H](/C=C/c3ccc(-c4cccc(F)c4)cn3)[C@H]12.Cl. The van der Waals surface area contributed by atoms with Crippen molar-refractivity contribution in [2.24, 2.45) is 35.5 Å². The highest BCUT2D eigenvalue weighted by Gasteiger charge is 2.54. The summed E-state index contributed by atoms with van der Waals surface area (Å²) >= 11 is 0. The van der Waals surface area contributed by atoms with E-state index in [4.69, 9.17) is 4.74 Å². The monoisotopic (exact) mass is 524 g/mol. The predicted octanol–water partition coefficient (Wildman–Crippen LogP) is 5.83. The minimum atomic E-state index is -0.262. The van der Waals surface area contributed by atoms with Crippen LogP contribution in [0.25, 0.3) is 17.2 Å². The number of pyridine rings is 1. The topological polar surface area (TPSA) is 68.3 Å². The molecule has 2 aromatic rings. The summed E-state index contributed by atoms with van der Waals surface area (Å²) in [6, 6.07) is 10.7. The van der Waals surface area contributed by atoms with Gasteiger partial charge in [0.05, 0.1) is 11.6 Å². The number of amides is 1. The second-order valence-corrected chi connectivity index (χ2v) is 11.2. The van der Waals surface area contributed by atoms with Crippen molar-refractivity contribution in [2.75, 3.05) is 0 Å². The molecule has 37 heavy (non-hydrogen) atoms. The van der Waals surface area contributed by atoms with Crippen LogP contribution in [0.4, 0.5) is 4.39 Å². The molecule has 7 heteroatoms. The minimum Gasteiger partial charge on any atom is -0.462 e. The number of ether oxygens (including phenoxy) is 1. The molecule has 1 aromatic carbocycles. The molecule has 196 valence electrons. The molecule has 7 atom stereocenters. The van der Waals surface area contributed by atoms with Gasteiger partial charge in [-0.25, -0.2) is 4.39 Å². The number of nitrogens with one attached hydrogen (secondary N) is 1. The van der Waals surface area contributed by atoms with Crippen molar-refractivity contribution in [2.45, 2.75) is 57.6 Å².